The minimum absolute atomic E-state index is 0. The minimum Gasteiger partial charge on any atom is -0.477 e. The van der Waals surface area contributed by atoms with Crippen LogP contribution in [0.4, 0.5) is 0 Å². The molecule has 7 nitrogen and oxygen atoms in total. The Morgan fingerprint density at radius 2 is 2.23 bits per heavy atom. The van der Waals surface area contributed by atoms with Crippen LogP contribution in [0.2, 0.25) is 0 Å². The predicted molar refractivity (Wildman–Crippen MR) is 115 cm³/mol. The Labute approximate surface area is 173 Å². The highest BCUT2D eigenvalue weighted by Crippen LogP contribution is 2.16. The number of guanidine groups is 1. The highest BCUT2D eigenvalue weighted by Gasteiger charge is 2.28. The maximum Gasteiger partial charge on any atom is 0.218 e. The first-order valence-corrected chi connectivity index (χ1v) is 10.7. The van der Waals surface area contributed by atoms with Crippen molar-refractivity contribution in [2.75, 3.05) is 24.7 Å². The molecule has 1 fully saturated rings. The van der Waals surface area contributed by atoms with Gasteiger partial charge in [-0.25, -0.2) is 18.4 Å². The number of pyridine rings is 1. The molecule has 26 heavy (non-hydrogen) atoms. The monoisotopic (exact) mass is 496 g/mol. The van der Waals surface area contributed by atoms with Crippen molar-refractivity contribution < 1.29 is 13.2 Å². The number of hydrogen-bond acceptors (Lipinski definition) is 5. The molecule has 1 aliphatic heterocycles. The molecule has 0 aliphatic carbocycles. The molecule has 2 rings (SSSR count). The van der Waals surface area contributed by atoms with Gasteiger partial charge >= 0.3 is 0 Å². The van der Waals surface area contributed by atoms with Gasteiger partial charge in [-0.2, -0.15) is 0 Å². The van der Waals surface area contributed by atoms with Crippen molar-refractivity contribution in [2.24, 2.45) is 4.99 Å². The number of aromatic nitrogens is 1. The van der Waals surface area contributed by atoms with Gasteiger partial charge in [-0.15, -0.1) is 24.0 Å². The third-order valence-corrected chi connectivity index (χ3v) is 5.68. The first kappa shape index (κ1) is 22.9. The first-order valence-electron chi connectivity index (χ1n) is 8.86. The fraction of sp³-hybridized carbons (Fsp3) is 0.647. The van der Waals surface area contributed by atoms with E-state index in [9.17, 15) is 8.42 Å². The summed E-state index contributed by atoms with van der Waals surface area (Å²) in [6.07, 6.45) is 4.38. The van der Waals surface area contributed by atoms with Gasteiger partial charge in [0.05, 0.1) is 24.7 Å². The Morgan fingerprint density at radius 3 is 2.88 bits per heavy atom. The molecule has 0 amide bonds. The second kappa shape index (κ2) is 11.6. The van der Waals surface area contributed by atoms with Gasteiger partial charge in [-0.3, -0.25) is 0 Å². The lowest BCUT2D eigenvalue weighted by Gasteiger charge is -2.16. The number of sulfone groups is 1. The standard InChI is InChI=1S/C17H28N4O3S.HI/c1-3-5-10-24-16-14(7-6-9-19-16)12-20-17(18-4-2)21-15-8-11-25(22,23)13-15;/h6-7,9,15H,3-5,8,10-13H2,1-2H3,(H2,18,20,21);1H. The van der Waals surface area contributed by atoms with Crippen molar-refractivity contribution in [1.29, 1.82) is 0 Å². The second-order valence-corrected chi connectivity index (χ2v) is 8.34. The van der Waals surface area contributed by atoms with E-state index in [0.717, 1.165) is 18.4 Å². The largest absolute Gasteiger partial charge is 0.477 e. The molecule has 1 unspecified atom stereocenters. The highest BCUT2D eigenvalue weighted by molar-refractivity contribution is 14.0. The van der Waals surface area contributed by atoms with Crippen LogP contribution >= 0.6 is 24.0 Å². The number of halogens is 1. The lowest BCUT2D eigenvalue weighted by molar-refractivity contribution is 0.294. The normalized spacial score (nSPS) is 18.8. The fourth-order valence-corrected chi connectivity index (χ4v) is 4.25. The average Bonchev–Trinajstić information content (AvgIpc) is 2.93. The summed E-state index contributed by atoms with van der Waals surface area (Å²) in [7, 11) is -2.92. The molecule has 1 aromatic rings. The Kier molecular flexibility index (Phi) is 10.2. The predicted octanol–water partition coefficient (Wildman–Crippen LogP) is 2.12. The van der Waals surface area contributed by atoms with Crippen LogP contribution < -0.4 is 15.4 Å². The molecule has 1 aliphatic rings. The van der Waals surface area contributed by atoms with Crippen LogP contribution in [0.15, 0.2) is 23.3 Å². The zero-order valence-electron chi connectivity index (χ0n) is 15.4. The van der Waals surface area contributed by atoms with Gasteiger partial charge in [0.25, 0.3) is 0 Å². The van der Waals surface area contributed by atoms with E-state index < -0.39 is 9.84 Å². The number of nitrogens with one attached hydrogen (secondary N) is 2. The van der Waals surface area contributed by atoms with Gasteiger partial charge in [-0.1, -0.05) is 19.4 Å². The van der Waals surface area contributed by atoms with Gasteiger partial charge in [0.2, 0.25) is 5.88 Å². The van der Waals surface area contributed by atoms with E-state index >= 15 is 0 Å². The zero-order valence-corrected chi connectivity index (χ0v) is 18.5. The van der Waals surface area contributed by atoms with Gasteiger partial charge in [0.15, 0.2) is 15.8 Å². The van der Waals surface area contributed by atoms with Crippen LogP contribution in [0.1, 0.15) is 38.7 Å². The summed E-state index contributed by atoms with van der Waals surface area (Å²) in [6, 6.07) is 3.72. The van der Waals surface area contributed by atoms with Crippen molar-refractivity contribution in [3.63, 3.8) is 0 Å². The number of hydrogen-bond donors (Lipinski definition) is 2. The molecule has 0 bridgehead atoms. The van der Waals surface area contributed by atoms with Crippen molar-refractivity contribution in [3.8, 4) is 5.88 Å². The Morgan fingerprint density at radius 1 is 1.42 bits per heavy atom. The van der Waals surface area contributed by atoms with Crippen LogP contribution in [-0.4, -0.2) is 50.1 Å². The van der Waals surface area contributed by atoms with Crippen LogP contribution in [-0.2, 0) is 16.4 Å². The topological polar surface area (TPSA) is 92.7 Å². The number of unbranched alkanes of at least 4 members (excludes halogenated alkanes) is 1. The molecule has 0 spiro atoms. The van der Waals surface area contributed by atoms with Crippen LogP contribution in [0.25, 0.3) is 0 Å². The number of rotatable bonds is 8. The molecule has 1 saturated heterocycles. The number of aliphatic imine (C=N–C) groups is 1. The van der Waals surface area contributed by atoms with E-state index in [4.69, 9.17) is 4.74 Å². The zero-order chi connectivity index (χ0) is 18.1. The summed E-state index contributed by atoms with van der Waals surface area (Å²) in [5.41, 5.74) is 0.912. The van der Waals surface area contributed by atoms with E-state index in [1.165, 1.54) is 0 Å². The van der Waals surface area contributed by atoms with E-state index in [0.29, 0.717) is 38.0 Å². The number of nitrogens with zero attached hydrogens (tertiary/aromatic N) is 2. The Bertz CT molecular complexity index is 682. The van der Waals surface area contributed by atoms with Crippen molar-refractivity contribution in [1.82, 2.24) is 15.6 Å². The van der Waals surface area contributed by atoms with Crippen LogP contribution in [0, 0.1) is 0 Å². The number of ether oxygens (including phenoxy) is 1. The van der Waals surface area contributed by atoms with Crippen LogP contribution in [0.5, 0.6) is 5.88 Å². The summed E-state index contributed by atoms with van der Waals surface area (Å²) < 4.78 is 28.9. The molecule has 148 valence electrons. The maximum atomic E-state index is 11.6. The molecule has 9 heteroatoms. The summed E-state index contributed by atoms with van der Waals surface area (Å²) in [6.45, 7) is 5.86. The summed E-state index contributed by atoms with van der Waals surface area (Å²) in [4.78, 5) is 8.85. The third kappa shape index (κ3) is 7.65. The molecule has 1 atom stereocenters. The van der Waals surface area contributed by atoms with Gasteiger partial charge in [-0.05, 0) is 25.8 Å². The maximum absolute atomic E-state index is 11.6. The van der Waals surface area contributed by atoms with E-state index in [1.807, 2.05) is 19.1 Å². The molecule has 2 heterocycles. The highest BCUT2D eigenvalue weighted by atomic mass is 127. The molecule has 0 radical (unpaired) electrons. The van der Waals surface area contributed by atoms with Crippen molar-refractivity contribution >= 4 is 39.8 Å². The Balaban J connectivity index is 0.00000338. The second-order valence-electron chi connectivity index (χ2n) is 6.11. The van der Waals surface area contributed by atoms with Crippen molar-refractivity contribution in [2.45, 2.75) is 45.7 Å². The Hall–Kier alpha value is -1.10. The molecular weight excluding hydrogens is 467 g/mol. The van der Waals surface area contributed by atoms with Crippen molar-refractivity contribution in [3.05, 3.63) is 23.9 Å². The third-order valence-electron chi connectivity index (χ3n) is 3.91. The lowest BCUT2D eigenvalue weighted by Crippen LogP contribution is -2.44. The summed E-state index contributed by atoms with van der Waals surface area (Å²) in [5.74, 6) is 1.63. The first-order chi connectivity index (χ1) is 12.0. The smallest absolute Gasteiger partial charge is 0.218 e. The quantitative estimate of drug-likeness (QED) is 0.248. The SMILES string of the molecule is CCCCOc1ncccc1CN=C(NCC)NC1CCS(=O)(=O)C1.I. The van der Waals surface area contributed by atoms with E-state index in [1.54, 1.807) is 6.20 Å². The fourth-order valence-electron chi connectivity index (χ4n) is 2.57. The van der Waals surface area contributed by atoms with Gasteiger partial charge in [0, 0.05) is 24.3 Å². The summed E-state index contributed by atoms with van der Waals surface area (Å²) >= 11 is 0. The van der Waals surface area contributed by atoms with Crippen LogP contribution in [0.3, 0.4) is 0 Å². The average molecular weight is 496 g/mol. The molecule has 2 N–H and O–H groups in total. The molecule has 0 saturated carbocycles. The minimum atomic E-state index is -2.92. The lowest BCUT2D eigenvalue weighted by atomic mass is 10.2. The van der Waals surface area contributed by atoms with E-state index in [2.05, 4.69) is 27.5 Å². The molecule has 1 aromatic heterocycles. The molecular formula is C17H29IN4O3S. The van der Waals surface area contributed by atoms with E-state index in [-0.39, 0.29) is 41.5 Å². The summed E-state index contributed by atoms with van der Waals surface area (Å²) in [5, 5.41) is 6.37. The molecule has 0 aromatic carbocycles. The van der Waals surface area contributed by atoms with Gasteiger partial charge in [0.1, 0.15) is 0 Å². The van der Waals surface area contributed by atoms with Gasteiger partial charge < -0.3 is 15.4 Å².